The van der Waals surface area contributed by atoms with E-state index in [1.54, 1.807) is 6.07 Å². The number of rotatable bonds is 4. The van der Waals surface area contributed by atoms with Crippen molar-refractivity contribution in [2.75, 3.05) is 0 Å². The molecule has 4 rings (SSSR count). The molecule has 0 spiro atoms. The molecule has 2 heterocycles. The summed E-state index contributed by atoms with van der Waals surface area (Å²) < 4.78 is 40.2. The van der Waals surface area contributed by atoms with Gasteiger partial charge in [-0.3, -0.25) is 14.3 Å². The molecule has 0 atom stereocenters. The second kappa shape index (κ2) is 6.81. The fraction of sp³-hybridized carbons (Fsp3) is 0.316. The van der Waals surface area contributed by atoms with Crippen LogP contribution < -0.4 is 11.0 Å². The Morgan fingerprint density at radius 2 is 2.04 bits per heavy atom. The van der Waals surface area contributed by atoms with E-state index in [1.807, 2.05) is 0 Å². The fourth-order valence-corrected chi connectivity index (χ4v) is 3.19. The van der Waals surface area contributed by atoms with Gasteiger partial charge in [0.2, 0.25) is 5.91 Å². The SMILES string of the molecule is O=C(Cn1c(=O)[nH]c2ncc(-c3cccc(C(F)(F)F)c3)cc21)NC1CCC1. The van der Waals surface area contributed by atoms with Crippen LogP contribution in [0.15, 0.2) is 41.3 Å². The number of aromatic amines is 1. The van der Waals surface area contributed by atoms with Crippen molar-refractivity contribution in [3.63, 3.8) is 0 Å². The molecular weight excluding hydrogens is 373 g/mol. The Balaban J connectivity index is 1.68. The number of benzene rings is 1. The lowest BCUT2D eigenvalue weighted by molar-refractivity contribution is -0.137. The molecule has 0 bridgehead atoms. The van der Waals surface area contributed by atoms with Crippen molar-refractivity contribution < 1.29 is 18.0 Å². The van der Waals surface area contributed by atoms with Gasteiger partial charge in [0, 0.05) is 17.8 Å². The highest BCUT2D eigenvalue weighted by Gasteiger charge is 2.30. The average molecular weight is 390 g/mol. The number of amides is 1. The molecule has 3 aromatic rings. The van der Waals surface area contributed by atoms with E-state index >= 15 is 0 Å². The lowest BCUT2D eigenvalue weighted by Crippen LogP contribution is -2.42. The molecule has 0 aliphatic heterocycles. The van der Waals surface area contributed by atoms with E-state index in [4.69, 9.17) is 0 Å². The van der Waals surface area contributed by atoms with Crippen LogP contribution in [-0.4, -0.2) is 26.5 Å². The molecule has 1 saturated carbocycles. The predicted octanol–water partition coefficient (Wildman–Crippen LogP) is 3.08. The summed E-state index contributed by atoms with van der Waals surface area (Å²) in [4.78, 5) is 31.1. The van der Waals surface area contributed by atoms with Gasteiger partial charge in [-0.25, -0.2) is 9.78 Å². The molecule has 1 amide bonds. The number of pyridine rings is 1. The first-order chi connectivity index (χ1) is 13.3. The maximum absolute atomic E-state index is 13.0. The standard InChI is InChI=1S/C19H17F3N4O2/c20-19(21,22)13-4-1-3-11(7-13)12-8-15-17(23-9-12)25-18(28)26(15)10-16(27)24-14-5-2-6-14/h1,3-4,7-9,14H,2,5-6,10H2,(H,24,27)(H,23,25,28). The average Bonchev–Trinajstić information content (AvgIpc) is 2.92. The number of halogens is 3. The fourth-order valence-electron chi connectivity index (χ4n) is 3.19. The van der Waals surface area contributed by atoms with Crippen molar-refractivity contribution in [3.05, 3.63) is 52.6 Å². The number of nitrogens with one attached hydrogen (secondary N) is 2. The molecule has 2 aromatic heterocycles. The molecule has 0 saturated heterocycles. The van der Waals surface area contributed by atoms with E-state index in [2.05, 4.69) is 15.3 Å². The van der Waals surface area contributed by atoms with E-state index in [1.165, 1.54) is 22.9 Å². The van der Waals surface area contributed by atoms with Gasteiger partial charge >= 0.3 is 11.9 Å². The van der Waals surface area contributed by atoms with Crippen molar-refractivity contribution in [2.45, 2.75) is 38.0 Å². The van der Waals surface area contributed by atoms with Crippen LogP contribution in [-0.2, 0) is 17.5 Å². The molecule has 1 fully saturated rings. The van der Waals surface area contributed by atoms with Gasteiger partial charge in [-0.2, -0.15) is 13.2 Å². The van der Waals surface area contributed by atoms with Crippen LogP contribution in [0.25, 0.3) is 22.3 Å². The number of fused-ring (bicyclic) bond motifs is 1. The Hall–Kier alpha value is -3.10. The van der Waals surface area contributed by atoms with Crippen LogP contribution in [0, 0.1) is 0 Å². The van der Waals surface area contributed by atoms with E-state index in [9.17, 15) is 22.8 Å². The maximum atomic E-state index is 13.0. The molecule has 1 aliphatic carbocycles. The normalized spacial score (nSPS) is 14.8. The maximum Gasteiger partial charge on any atom is 0.416 e. The predicted molar refractivity (Wildman–Crippen MR) is 96.6 cm³/mol. The number of hydrogen-bond acceptors (Lipinski definition) is 3. The van der Waals surface area contributed by atoms with E-state index in [0.29, 0.717) is 16.6 Å². The van der Waals surface area contributed by atoms with Crippen molar-refractivity contribution in [3.8, 4) is 11.1 Å². The smallest absolute Gasteiger partial charge is 0.352 e. The summed E-state index contributed by atoms with van der Waals surface area (Å²) in [6.07, 6.45) is -0.135. The molecule has 0 radical (unpaired) electrons. The summed E-state index contributed by atoms with van der Waals surface area (Å²) in [6, 6.07) is 6.59. The second-order valence-electron chi connectivity index (χ2n) is 6.88. The first-order valence-corrected chi connectivity index (χ1v) is 8.87. The van der Waals surface area contributed by atoms with Gasteiger partial charge in [-0.05, 0) is 43.0 Å². The summed E-state index contributed by atoms with van der Waals surface area (Å²) in [5, 5.41) is 2.86. The first-order valence-electron chi connectivity index (χ1n) is 8.87. The number of carbonyl (C=O) groups is 1. The van der Waals surface area contributed by atoms with Gasteiger partial charge in [-0.1, -0.05) is 12.1 Å². The lowest BCUT2D eigenvalue weighted by atomic mass is 9.93. The number of imidazole rings is 1. The number of hydrogen-bond donors (Lipinski definition) is 2. The summed E-state index contributed by atoms with van der Waals surface area (Å²) in [7, 11) is 0. The van der Waals surface area contributed by atoms with Crippen molar-refractivity contribution in [1.29, 1.82) is 0 Å². The summed E-state index contributed by atoms with van der Waals surface area (Å²) in [6.45, 7) is -0.178. The number of carbonyl (C=O) groups excluding carboxylic acids is 1. The van der Waals surface area contributed by atoms with Crippen LogP contribution in [0.4, 0.5) is 13.2 Å². The Morgan fingerprint density at radius 1 is 1.25 bits per heavy atom. The van der Waals surface area contributed by atoms with E-state index < -0.39 is 17.4 Å². The molecule has 1 aromatic carbocycles. The minimum Gasteiger partial charge on any atom is -0.352 e. The van der Waals surface area contributed by atoms with Crippen molar-refractivity contribution >= 4 is 17.1 Å². The quantitative estimate of drug-likeness (QED) is 0.719. The zero-order valence-corrected chi connectivity index (χ0v) is 14.7. The largest absolute Gasteiger partial charge is 0.416 e. The van der Waals surface area contributed by atoms with Gasteiger partial charge in [0.15, 0.2) is 5.65 Å². The molecule has 9 heteroatoms. The van der Waals surface area contributed by atoms with Crippen LogP contribution in [0.3, 0.4) is 0 Å². The van der Waals surface area contributed by atoms with Crippen LogP contribution in [0.5, 0.6) is 0 Å². The molecule has 2 N–H and O–H groups in total. The Kier molecular flexibility index (Phi) is 4.44. The molecule has 146 valence electrons. The van der Waals surface area contributed by atoms with E-state index in [0.717, 1.165) is 31.4 Å². The van der Waals surface area contributed by atoms with Crippen LogP contribution in [0.2, 0.25) is 0 Å². The Bertz CT molecular complexity index is 1100. The highest BCUT2D eigenvalue weighted by Crippen LogP contribution is 2.32. The molecular formula is C19H17F3N4O2. The van der Waals surface area contributed by atoms with Gasteiger partial charge in [-0.15, -0.1) is 0 Å². The van der Waals surface area contributed by atoms with Gasteiger partial charge in [0.05, 0.1) is 11.1 Å². The molecule has 6 nitrogen and oxygen atoms in total. The van der Waals surface area contributed by atoms with Crippen molar-refractivity contribution in [1.82, 2.24) is 19.9 Å². The lowest BCUT2D eigenvalue weighted by Gasteiger charge is -2.26. The second-order valence-corrected chi connectivity index (χ2v) is 6.88. The molecule has 0 unspecified atom stereocenters. The number of alkyl halides is 3. The highest BCUT2D eigenvalue weighted by molar-refractivity contribution is 5.82. The zero-order chi connectivity index (χ0) is 19.9. The topological polar surface area (TPSA) is 79.8 Å². The van der Waals surface area contributed by atoms with Gasteiger partial charge in [0.1, 0.15) is 6.54 Å². The monoisotopic (exact) mass is 390 g/mol. The Labute approximate surface area is 157 Å². The minimum atomic E-state index is -4.46. The third-order valence-corrected chi connectivity index (χ3v) is 4.92. The zero-order valence-electron chi connectivity index (χ0n) is 14.7. The summed E-state index contributed by atoms with van der Waals surface area (Å²) >= 11 is 0. The Morgan fingerprint density at radius 3 is 2.71 bits per heavy atom. The molecule has 1 aliphatic rings. The highest BCUT2D eigenvalue weighted by atomic mass is 19.4. The van der Waals surface area contributed by atoms with Crippen LogP contribution in [0.1, 0.15) is 24.8 Å². The third kappa shape index (κ3) is 3.51. The van der Waals surface area contributed by atoms with Crippen LogP contribution >= 0.6 is 0 Å². The van der Waals surface area contributed by atoms with Crippen molar-refractivity contribution in [2.24, 2.45) is 0 Å². The number of H-pyrrole nitrogens is 1. The van der Waals surface area contributed by atoms with Gasteiger partial charge in [0.25, 0.3) is 0 Å². The third-order valence-electron chi connectivity index (χ3n) is 4.92. The first kappa shape index (κ1) is 18.3. The van der Waals surface area contributed by atoms with E-state index in [-0.39, 0.29) is 24.1 Å². The molecule has 28 heavy (non-hydrogen) atoms. The number of aromatic nitrogens is 3. The van der Waals surface area contributed by atoms with Gasteiger partial charge < -0.3 is 5.32 Å². The number of nitrogens with zero attached hydrogens (tertiary/aromatic N) is 2. The summed E-state index contributed by atoms with van der Waals surface area (Å²) in [5.74, 6) is -0.280. The summed E-state index contributed by atoms with van der Waals surface area (Å²) in [5.41, 5.74) is 0.124. The minimum absolute atomic E-state index is 0.146.